The Bertz CT molecular complexity index is 333. The number of hydrogen-bond donors (Lipinski definition) is 1. The third-order valence-electron chi connectivity index (χ3n) is 3.13. The van der Waals surface area contributed by atoms with E-state index in [2.05, 4.69) is 42.8 Å². The molecule has 0 aromatic heterocycles. The third kappa shape index (κ3) is 3.26. The fourth-order valence-electron chi connectivity index (χ4n) is 2.08. The molecule has 0 radical (unpaired) electrons. The van der Waals surface area contributed by atoms with Crippen molar-refractivity contribution in [3.8, 4) is 0 Å². The SMILES string of the molecule is CSCC(C)NCc1ccccc1C1CC1. The van der Waals surface area contributed by atoms with Crippen LogP contribution in [0.4, 0.5) is 0 Å². The van der Waals surface area contributed by atoms with Crippen molar-refractivity contribution in [2.24, 2.45) is 0 Å². The summed E-state index contributed by atoms with van der Waals surface area (Å²) in [6, 6.07) is 9.49. The van der Waals surface area contributed by atoms with Gasteiger partial charge in [-0.05, 0) is 43.1 Å². The van der Waals surface area contributed by atoms with Gasteiger partial charge in [0.2, 0.25) is 0 Å². The summed E-state index contributed by atoms with van der Waals surface area (Å²) < 4.78 is 0. The maximum atomic E-state index is 3.60. The zero-order valence-electron chi connectivity index (χ0n) is 10.2. The van der Waals surface area contributed by atoms with Crippen LogP contribution >= 0.6 is 11.8 Å². The summed E-state index contributed by atoms with van der Waals surface area (Å²) >= 11 is 1.91. The van der Waals surface area contributed by atoms with Crippen LogP contribution in [-0.2, 0) is 6.54 Å². The van der Waals surface area contributed by atoms with Gasteiger partial charge < -0.3 is 5.32 Å². The van der Waals surface area contributed by atoms with Crippen molar-refractivity contribution in [1.29, 1.82) is 0 Å². The van der Waals surface area contributed by atoms with Crippen molar-refractivity contribution in [3.05, 3.63) is 35.4 Å². The smallest absolute Gasteiger partial charge is 0.0211 e. The standard InChI is InChI=1S/C14H21NS/c1-11(10-16-2)15-9-13-5-3-4-6-14(13)12-7-8-12/h3-6,11-12,15H,7-10H2,1-2H3. The Labute approximate surface area is 103 Å². The highest BCUT2D eigenvalue weighted by atomic mass is 32.2. The van der Waals surface area contributed by atoms with Crippen molar-refractivity contribution in [2.75, 3.05) is 12.0 Å². The summed E-state index contributed by atoms with van der Waals surface area (Å²) in [5.41, 5.74) is 3.07. The molecule has 0 bridgehead atoms. The van der Waals surface area contributed by atoms with Gasteiger partial charge in [0, 0.05) is 18.3 Å². The molecule has 0 saturated heterocycles. The first kappa shape index (κ1) is 12.0. The predicted molar refractivity (Wildman–Crippen MR) is 73.1 cm³/mol. The molecule has 1 unspecified atom stereocenters. The molecule has 2 rings (SSSR count). The van der Waals surface area contributed by atoms with Crippen LogP contribution in [0, 0.1) is 0 Å². The molecule has 1 aromatic carbocycles. The number of hydrogen-bond acceptors (Lipinski definition) is 2. The summed E-state index contributed by atoms with van der Waals surface area (Å²) in [6.45, 7) is 3.28. The molecule has 2 heteroatoms. The quantitative estimate of drug-likeness (QED) is 0.811. The maximum Gasteiger partial charge on any atom is 0.0211 e. The molecular formula is C14H21NS. The number of benzene rings is 1. The fraction of sp³-hybridized carbons (Fsp3) is 0.571. The molecule has 1 aliphatic carbocycles. The predicted octanol–water partition coefficient (Wildman–Crippen LogP) is 3.41. The zero-order valence-corrected chi connectivity index (χ0v) is 11.0. The summed E-state index contributed by atoms with van der Waals surface area (Å²) in [6.07, 6.45) is 4.94. The van der Waals surface area contributed by atoms with E-state index in [4.69, 9.17) is 0 Å². The van der Waals surface area contributed by atoms with E-state index in [0.29, 0.717) is 6.04 Å². The van der Waals surface area contributed by atoms with Gasteiger partial charge >= 0.3 is 0 Å². The van der Waals surface area contributed by atoms with Crippen molar-refractivity contribution in [1.82, 2.24) is 5.32 Å². The molecule has 0 spiro atoms. The minimum Gasteiger partial charge on any atom is -0.309 e. The average molecular weight is 235 g/mol. The van der Waals surface area contributed by atoms with Gasteiger partial charge in [0.05, 0.1) is 0 Å². The Balaban J connectivity index is 1.93. The van der Waals surface area contributed by atoms with E-state index in [9.17, 15) is 0 Å². The lowest BCUT2D eigenvalue weighted by molar-refractivity contribution is 0.593. The van der Waals surface area contributed by atoms with Gasteiger partial charge in [-0.15, -0.1) is 0 Å². The van der Waals surface area contributed by atoms with Crippen LogP contribution in [0.2, 0.25) is 0 Å². The molecule has 1 nitrogen and oxygen atoms in total. The Morgan fingerprint density at radius 1 is 1.38 bits per heavy atom. The monoisotopic (exact) mass is 235 g/mol. The Kier molecular flexibility index (Phi) is 4.30. The lowest BCUT2D eigenvalue weighted by atomic mass is 10.0. The maximum absolute atomic E-state index is 3.60. The van der Waals surface area contributed by atoms with Gasteiger partial charge in [-0.25, -0.2) is 0 Å². The van der Waals surface area contributed by atoms with Gasteiger partial charge in [-0.2, -0.15) is 11.8 Å². The summed E-state index contributed by atoms with van der Waals surface area (Å²) in [5.74, 6) is 2.04. The molecule has 0 amide bonds. The molecule has 1 atom stereocenters. The average Bonchev–Trinajstić information content (AvgIpc) is 3.11. The van der Waals surface area contributed by atoms with Crippen LogP contribution in [0.1, 0.15) is 36.8 Å². The van der Waals surface area contributed by atoms with Gasteiger partial charge in [0.25, 0.3) is 0 Å². The number of rotatable bonds is 6. The Hall–Kier alpha value is -0.470. The Morgan fingerprint density at radius 2 is 2.12 bits per heavy atom. The number of thioether (sulfide) groups is 1. The second kappa shape index (κ2) is 5.74. The van der Waals surface area contributed by atoms with Gasteiger partial charge in [-0.3, -0.25) is 0 Å². The third-order valence-corrected chi connectivity index (χ3v) is 3.96. The van der Waals surface area contributed by atoms with E-state index in [-0.39, 0.29) is 0 Å². The van der Waals surface area contributed by atoms with Crippen LogP contribution in [0.3, 0.4) is 0 Å². The minimum atomic E-state index is 0.599. The molecule has 0 aliphatic heterocycles. The largest absolute Gasteiger partial charge is 0.309 e. The van der Waals surface area contributed by atoms with Gasteiger partial charge in [-0.1, -0.05) is 24.3 Å². The lowest BCUT2D eigenvalue weighted by Gasteiger charge is -2.14. The minimum absolute atomic E-state index is 0.599. The van der Waals surface area contributed by atoms with Crippen LogP contribution in [0.25, 0.3) is 0 Å². The first-order valence-electron chi connectivity index (χ1n) is 6.11. The van der Waals surface area contributed by atoms with Crippen molar-refractivity contribution >= 4 is 11.8 Å². The first-order chi connectivity index (χ1) is 7.81. The summed E-state index contributed by atoms with van der Waals surface area (Å²) in [7, 11) is 0. The second-order valence-electron chi connectivity index (χ2n) is 4.71. The highest BCUT2D eigenvalue weighted by Gasteiger charge is 2.25. The van der Waals surface area contributed by atoms with E-state index in [1.165, 1.54) is 24.2 Å². The molecule has 0 heterocycles. The second-order valence-corrected chi connectivity index (χ2v) is 5.62. The molecule has 1 aromatic rings. The zero-order chi connectivity index (χ0) is 11.4. The highest BCUT2D eigenvalue weighted by molar-refractivity contribution is 7.98. The molecule has 1 saturated carbocycles. The van der Waals surface area contributed by atoms with Crippen LogP contribution in [0.15, 0.2) is 24.3 Å². The Morgan fingerprint density at radius 3 is 2.81 bits per heavy atom. The van der Waals surface area contributed by atoms with Crippen molar-refractivity contribution in [2.45, 2.75) is 38.3 Å². The van der Waals surface area contributed by atoms with Crippen LogP contribution in [-0.4, -0.2) is 18.1 Å². The van der Waals surface area contributed by atoms with Gasteiger partial charge in [0.15, 0.2) is 0 Å². The molecule has 16 heavy (non-hydrogen) atoms. The molecular weight excluding hydrogens is 214 g/mol. The van der Waals surface area contributed by atoms with E-state index in [0.717, 1.165) is 12.5 Å². The van der Waals surface area contributed by atoms with Crippen LogP contribution in [0.5, 0.6) is 0 Å². The number of nitrogens with one attached hydrogen (secondary N) is 1. The first-order valence-corrected chi connectivity index (χ1v) is 7.50. The van der Waals surface area contributed by atoms with Gasteiger partial charge in [0.1, 0.15) is 0 Å². The molecule has 88 valence electrons. The van der Waals surface area contributed by atoms with E-state index in [1.54, 1.807) is 5.56 Å². The summed E-state index contributed by atoms with van der Waals surface area (Å²) in [5, 5.41) is 3.60. The van der Waals surface area contributed by atoms with E-state index >= 15 is 0 Å². The van der Waals surface area contributed by atoms with Crippen LogP contribution < -0.4 is 5.32 Å². The molecule has 1 aliphatic rings. The van der Waals surface area contributed by atoms with Crippen molar-refractivity contribution < 1.29 is 0 Å². The summed E-state index contributed by atoms with van der Waals surface area (Å²) in [4.78, 5) is 0. The van der Waals surface area contributed by atoms with Crippen molar-refractivity contribution in [3.63, 3.8) is 0 Å². The fourth-order valence-corrected chi connectivity index (χ4v) is 2.70. The topological polar surface area (TPSA) is 12.0 Å². The lowest BCUT2D eigenvalue weighted by Crippen LogP contribution is -2.27. The molecule has 1 N–H and O–H groups in total. The molecule has 1 fully saturated rings. The van der Waals surface area contributed by atoms with E-state index < -0.39 is 0 Å². The van der Waals surface area contributed by atoms with E-state index in [1.807, 2.05) is 11.8 Å². The normalized spacial score (nSPS) is 17.4. The highest BCUT2D eigenvalue weighted by Crippen LogP contribution is 2.41.